The largest absolute Gasteiger partial charge is 0.370 e. The summed E-state index contributed by atoms with van der Waals surface area (Å²) in [5.41, 5.74) is 7.00. The Hall–Kier alpha value is -1.42. The Balaban J connectivity index is 2.02. The van der Waals surface area contributed by atoms with Gasteiger partial charge in [0.05, 0.1) is 12.2 Å². The van der Waals surface area contributed by atoms with Crippen LogP contribution in [-0.2, 0) is 22.4 Å². The first-order chi connectivity index (χ1) is 8.76. The number of carbonyl (C=O) groups excluding carboxylic acids is 1. The Bertz CT molecular complexity index is 490. The standard InChI is InChI=1S/C12H15N3O2S/c13-4-5-17-7-11(16)15-12-9(6-14)8-2-1-3-10(8)18-12/h1-5,7,13H2,(H,15,16). The summed E-state index contributed by atoms with van der Waals surface area (Å²) in [6, 6.07) is 2.18. The molecular formula is C12H15N3O2S. The lowest BCUT2D eigenvalue weighted by atomic mass is 10.1. The van der Waals surface area contributed by atoms with Crippen molar-refractivity contribution in [3.05, 3.63) is 16.0 Å². The van der Waals surface area contributed by atoms with Crippen molar-refractivity contribution in [2.75, 3.05) is 25.1 Å². The molecule has 0 atom stereocenters. The number of aryl methyl sites for hydroxylation is 1. The molecule has 5 nitrogen and oxygen atoms in total. The summed E-state index contributed by atoms with van der Waals surface area (Å²) in [4.78, 5) is 12.8. The van der Waals surface area contributed by atoms with Crippen molar-refractivity contribution in [2.45, 2.75) is 19.3 Å². The highest BCUT2D eigenvalue weighted by atomic mass is 32.1. The molecule has 0 aromatic carbocycles. The van der Waals surface area contributed by atoms with Crippen molar-refractivity contribution in [2.24, 2.45) is 5.73 Å². The van der Waals surface area contributed by atoms with Crippen LogP contribution in [-0.4, -0.2) is 25.7 Å². The normalized spacial score (nSPS) is 13.1. The summed E-state index contributed by atoms with van der Waals surface area (Å²) >= 11 is 1.51. The number of thiophene rings is 1. The van der Waals surface area contributed by atoms with Gasteiger partial charge in [-0.25, -0.2) is 0 Å². The van der Waals surface area contributed by atoms with E-state index in [0.717, 1.165) is 24.8 Å². The van der Waals surface area contributed by atoms with Gasteiger partial charge in [0.1, 0.15) is 17.7 Å². The average molecular weight is 265 g/mol. The van der Waals surface area contributed by atoms with Gasteiger partial charge in [-0.05, 0) is 24.8 Å². The Kier molecular flexibility index (Phi) is 4.31. The summed E-state index contributed by atoms with van der Waals surface area (Å²) in [7, 11) is 0. The number of hydrogen-bond donors (Lipinski definition) is 2. The SMILES string of the molecule is N#Cc1c(NC(=O)COCCN)sc2c1CCC2. The van der Waals surface area contributed by atoms with Crippen molar-refractivity contribution >= 4 is 22.2 Å². The molecule has 2 rings (SSSR count). The number of nitrogens with one attached hydrogen (secondary N) is 1. The molecule has 3 N–H and O–H groups in total. The van der Waals surface area contributed by atoms with Crippen molar-refractivity contribution in [1.29, 1.82) is 5.26 Å². The fourth-order valence-electron chi connectivity index (χ4n) is 2.02. The monoisotopic (exact) mass is 265 g/mol. The lowest BCUT2D eigenvalue weighted by molar-refractivity contribution is -0.120. The van der Waals surface area contributed by atoms with Crippen LogP contribution < -0.4 is 11.1 Å². The maximum Gasteiger partial charge on any atom is 0.251 e. The van der Waals surface area contributed by atoms with Crippen molar-refractivity contribution in [3.8, 4) is 6.07 Å². The number of amides is 1. The maximum absolute atomic E-state index is 11.6. The number of nitrogens with zero attached hydrogens (tertiary/aromatic N) is 1. The van der Waals surface area contributed by atoms with Gasteiger partial charge in [0.2, 0.25) is 0 Å². The Morgan fingerprint density at radius 1 is 1.56 bits per heavy atom. The second kappa shape index (κ2) is 5.96. The number of hydrogen-bond acceptors (Lipinski definition) is 5. The van der Waals surface area contributed by atoms with Crippen molar-refractivity contribution in [1.82, 2.24) is 0 Å². The number of fused-ring (bicyclic) bond motifs is 1. The first-order valence-corrected chi connectivity index (χ1v) is 6.70. The fraction of sp³-hybridized carbons (Fsp3) is 0.500. The molecule has 0 spiro atoms. The van der Waals surface area contributed by atoms with Crippen LogP contribution in [0.25, 0.3) is 0 Å². The number of carbonyl (C=O) groups is 1. The Morgan fingerprint density at radius 3 is 3.11 bits per heavy atom. The van der Waals surface area contributed by atoms with E-state index in [1.807, 2.05) is 0 Å². The van der Waals surface area contributed by atoms with Gasteiger partial charge in [-0.15, -0.1) is 11.3 Å². The number of ether oxygens (including phenoxy) is 1. The van der Waals surface area contributed by atoms with Crippen LogP contribution in [0.5, 0.6) is 0 Å². The highest BCUT2D eigenvalue weighted by molar-refractivity contribution is 7.16. The van der Waals surface area contributed by atoms with E-state index < -0.39 is 0 Å². The van der Waals surface area contributed by atoms with E-state index in [2.05, 4.69) is 11.4 Å². The first-order valence-electron chi connectivity index (χ1n) is 5.88. The van der Waals surface area contributed by atoms with Crippen LogP contribution >= 0.6 is 11.3 Å². The predicted octanol–water partition coefficient (Wildman–Crippen LogP) is 1.02. The number of rotatable bonds is 5. The van der Waals surface area contributed by atoms with Gasteiger partial charge >= 0.3 is 0 Å². The van der Waals surface area contributed by atoms with Gasteiger partial charge in [-0.1, -0.05) is 0 Å². The molecule has 1 aromatic rings. The number of nitrogens with two attached hydrogens (primary N) is 1. The summed E-state index contributed by atoms with van der Waals surface area (Å²) < 4.78 is 5.05. The zero-order chi connectivity index (χ0) is 13.0. The van der Waals surface area contributed by atoms with Gasteiger partial charge in [-0.3, -0.25) is 4.79 Å². The van der Waals surface area contributed by atoms with E-state index >= 15 is 0 Å². The van der Waals surface area contributed by atoms with Crippen LogP contribution in [0.4, 0.5) is 5.00 Å². The van der Waals surface area contributed by atoms with Crippen LogP contribution in [0, 0.1) is 11.3 Å². The van der Waals surface area contributed by atoms with E-state index in [1.54, 1.807) is 0 Å². The molecule has 0 saturated carbocycles. The molecule has 1 aromatic heterocycles. The molecule has 0 saturated heterocycles. The zero-order valence-corrected chi connectivity index (χ0v) is 10.8. The molecule has 0 unspecified atom stereocenters. The van der Waals surface area contributed by atoms with Gasteiger partial charge in [0.15, 0.2) is 0 Å². The fourth-order valence-corrected chi connectivity index (χ4v) is 3.28. The summed E-state index contributed by atoms with van der Waals surface area (Å²) in [6.07, 6.45) is 3.05. The molecule has 1 amide bonds. The predicted molar refractivity (Wildman–Crippen MR) is 69.6 cm³/mol. The minimum Gasteiger partial charge on any atom is -0.370 e. The maximum atomic E-state index is 11.6. The Labute approximate surface area is 110 Å². The zero-order valence-electron chi connectivity index (χ0n) is 9.99. The van der Waals surface area contributed by atoms with Crippen molar-refractivity contribution in [3.63, 3.8) is 0 Å². The summed E-state index contributed by atoms with van der Waals surface area (Å²) in [5.74, 6) is -0.236. The van der Waals surface area contributed by atoms with Gasteiger partial charge in [0.25, 0.3) is 5.91 Å². The summed E-state index contributed by atoms with van der Waals surface area (Å²) in [6.45, 7) is 0.730. The second-order valence-corrected chi connectivity index (χ2v) is 5.17. The van der Waals surface area contributed by atoms with E-state index in [1.165, 1.54) is 16.2 Å². The molecule has 1 aliphatic rings. The smallest absolute Gasteiger partial charge is 0.251 e. The minimum atomic E-state index is -0.236. The third-order valence-corrected chi connectivity index (χ3v) is 3.99. The third-order valence-electron chi connectivity index (χ3n) is 2.78. The molecule has 18 heavy (non-hydrogen) atoms. The van der Waals surface area contributed by atoms with E-state index in [0.29, 0.717) is 23.7 Å². The van der Waals surface area contributed by atoms with Gasteiger partial charge in [-0.2, -0.15) is 5.26 Å². The average Bonchev–Trinajstić information content (AvgIpc) is 2.89. The Morgan fingerprint density at radius 2 is 2.39 bits per heavy atom. The third kappa shape index (κ3) is 2.70. The van der Waals surface area contributed by atoms with Gasteiger partial charge < -0.3 is 15.8 Å². The van der Waals surface area contributed by atoms with E-state index in [9.17, 15) is 4.79 Å². The number of anilines is 1. The van der Waals surface area contributed by atoms with Crippen LogP contribution in [0.3, 0.4) is 0 Å². The summed E-state index contributed by atoms with van der Waals surface area (Å²) in [5, 5.41) is 12.6. The lowest BCUT2D eigenvalue weighted by Gasteiger charge is -2.04. The molecular weight excluding hydrogens is 250 g/mol. The van der Waals surface area contributed by atoms with Crippen LogP contribution in [0.2, 0.25) is 0 Å². The minimum absolute atomic E-state index is 0.0232. The highest BCUT2D eigenvalue weighted by Crippen LogP contribution is 2.38. The van der Waals surface area contributed by atoms with Crippen molar-refractivity contribution < 1.29 is 9.53 Å². The number of nitriles is 1. The second-order valence-electron chi connectivity index (χ2n) is 4.06. The lowest BCUT2D eigenvalue weighted by Crippen LogP contribution is -2.20. The van der Waals surface area contributed by atoms with E-state index in [4.69, 9.17) is 15.7 Å². The molecule has 0 bridgehead atoms. The molecule has 0 radical (unpaired) electrons. The van der Waals surface area contributed by atoms with Crippen LogP contribution in [0.15, 0.2) is 0 Å². The van der Waals surface area contributed by atoms with Crippen LogP contribution in [0.1, 0.15) is 22.4 Å². The highest BCUT2D eigenvalue weighted by Gasteiger charge is 2.22. The molecule has 1 aliphatic carbocycles. The first kappa shape index (κ1) is 13.0. The van der Waals surface area contributed by atoms with Gasteiger partial charge in [0, 0.05) is 11.4 Å². The molecule has 96 valence electrons. The van der Waals surface area contributed by atoms with E-state index in [-0.39, 0.29) is 12.5 Å². The quantitative estimate of drug-likeness (QED) is 0.778. The molecule has 0 fully saturated rings. The topological polar surface area (TPSA) is 88.1 Å². The molecule has 0 aliphatic heterocycles. The molecule has 1 heterocycles. The molecule has 6 heteroatoms.